The number of aromatic nitrogens is 2. The number of amides is 1. The Hall–Kier alpha value is -2.60. The second kappa shape index (κ2) is 6.61. The summed E-state index contributed by atoms with van der Waals surface area (Å²) >= 11 is 0. The van der Waals surface area contributed by atoms with Crippen LogP contribution in [0.15, 0.2) is 47.1 Å². The largest absolute Gasteiger partial charge is 0.459 e. The van der Waals surface area contributed by atoms with E-state index in [4.69, 9.17) is 4.42 Å². The molecule has 6 nitrogen and oxygen atoms in total. The van der Waals surface area contributed by atoms with E-state index >= 15 is 0 Å². The summed E-state index contributed by atoms with van der Waals surface area (Å²) in [5, 5.41) is 8.68. The van der Waals surface area contributed by atoms with Crippen LogP contribution >= 0.6 is 0 Å². The first-order valence-electron chi connectivity index (χ1n) is 8.99. The minimum absolute atomic E-state index is 0.0870. The first kappa shape index (κ1) is 16.8. The molecule has 0 bridgehead atoms. The predicted octanol–water partition coefficient (Wildman–Crippen LogP) is 2.69. The molecular formula is C20H24N4O2. The molecule has 0 spiro atoms. The number of carbonyl (C=O) groups excluding carboxylic acids is 1. The summed E-state index contributed by atoms with van der Waals surface area (Å²) in [6.45, 7) is 3.50. The zero-order chi connectivity index (χ0) is 18.3. The van der Waals surface area contributed by atoms with Gasteiger partial charge in [0.15, 0.2) is 0 Å². The van der Waals surface area contributed by atoms with E-state index in [1.165, 1.54) is 0 Å². The van der Waals surface area contributed by atoms with Crippen LogP contribution in [0.2, 0.25) is 0 Å². The van der Waals surface area contributed by atoms with Crippen molar-refractivity contribution in [2.75, 3.05) is 20.1 Å². The number of aryl methyl sites for hydroxylation is 1. The van der Waals surface area contributed by atoms with Crippen LogP contribution in [0.4, 0.5) is 0 Å². The van der Waals surface area contributed by atoms with E-state index in [1.54, 1.807) is 9.58 Å². The van der Waals surface area contributed by atoms with Crippen molar-refractivity contribution in [2.45, 2.75) is 18.9 Å². The molecule has 26 heavy (non-hydrogen) atoms. The summed E-state index contributed by atoms with van der Waals surface area (Å²) in [7, 11) is 3.76. The number of carbonyl (C=O) groups is 1. The van der Waals surface area contributed by atoms with Gasteiger partial charge in [0, 0.05) is 44.7 Å². The van der Waals surface area contributed by atoms with E-state index in [0.717, 1.165) is 28.8 Å². The molecule has 3 heterocycles. The number of fused-ring (bicyclic) bond motifs is 1. The molecule has 1 fully saturated rings. The molecule has 1 aliphatic heterocycles. The van der Waals surface area contributed by atoms with Gasteiger partial charge in [0.05, 0.1) is 18.2 Å². The maximum atomic E-state index is 13.2. The van der Waals surface area contributed by atoms with Crippen molar-refractivity contribution < 1.29 is 9.21 Å². The average molecular weight is 352 g/mol. The van der Waals surface area contributed by atoms with Crippen LogP contribution in [-0.2, 0) is 11.8 Å². The summed E-state index contributed by atoms with van der Waals surface area (Å²) in [5.41, 5.74) is 1.96. The number of nitrogens with one attached hydrogen (secondary N) is 1. The van der Waals surface area contributed by atoms with Gasteiger partial charge in [-0.15, -0.1) is 0 Å². The van der Waals surface area contributed by atoms with Crippen LogP contribution in [0.25, 0.3) is 11.0 Å². The Kier molecular flexibility index (Phi) is 4.28. The highest BCUT2D eigenvalue weighted by Crippen LogP contribution is 2.32. The third kappa shape index (κ3) is 2.90. The van der Waals surface area contributed by atoms with Crippen molar-refractivity contribution in [3.63, 3.8) is 0 Å². The Bertz CT molecular complexity index is 896. The van der Waals surface area contributed by atoms with Crippen LogP contribution in [0.5, 0.6) is 0 Å². The number of hydrogen-bond acceptors (Lipinski definition) is 4. The maximum absolute atomic E-state index is 13.2. The van der Waals surface area contributed by atoms with Crippen LogP contribution in [0.1, 0.15) is 30.2 Å². The number of furan rings is 1. The molecule has 2 aromatic heterocycles. The molecule has 0 saturated carbocycles. The lowest BCUT2D eigenvalue weighted by Gasteiger charge is -2.28. The molecule has 0 aliphatic carbocycles. The van der Waals surface area contributed by atoms with Crippen LogP contribution in [-0.4, -0.2) is 40.7 Å². The zero-order valence-electron chi connectivity index (χ0n) is 15.3. The Balaban J connectivity index is 1.54. The minimum atomic E-state index is -0.120. The van der Waals surface area contributed by atoms with Gasteiger partial charge in [-0.25, -0.2) is 0 Å². The predicted molar refractivity (Wildman–Crippen MR) is 99.7 cm³/mol. The summed E-state index contributed by atoms with van der Waals surface area (Å²) < 4.78 is 7.74. The minimum Gasteiger partial charge on any atom is -0.459 e. The molecule has 6 heteroatoms. The number of rotatable bonds is 4. The van der Waals surface area contributed by atoms with Gasteiger partial charge in [-0.3, -0.25) is 9.48 Å². The molecule has 0 radical (unpaired) electrons. The van der Waals surface area contributed by atoms with Crippen LogP contribution in [0, 0.1) is 5.92 Å². The molecule has 1 saturated heterocycles. The van der Waals surface area contributed by atoms with Gasteiger partial charge in [-0.05, 0) is 24.6 Å². The van der Waals surface area contributed by atoms with Crippen molar-refractivity contribution in [1.29, 1.82) is 0 Å². The van der Waals surface area contributed by atoms with Crippen molar-refractivity contribution in [2.24, 2.45) is 13.0 Å². The summed E-state index contributed by atoms with van der Waals surface area (Å²) in [4.78, 5) is 15.0. The molecule has 1 aliphatic rings. The molecule has 1 amide bonds. The molecule has 3 atom stereocenters. The lowest BCUT2D eigenvalue weighted by Crippen LogP contribution is -2.37. The van der Waals surface area contributed by atoms with Gasteiger partial charge in [0.25, 0.3) is 0 Å². The molecule has 136 valence electrons. The van der Waals surface area contributed by atoms with Gasteiger partial charge < -0.3 is 14.6 Å². The average Bonchev–Trinajstić information content (AvgIpc) is 3.37. The molecule has 4 rings (SSSR count). The molecular weight excluding hydrogens is 328 g/mol. The molecule has 3 aromatic rings. The van der Waals surface area contributed by atoms with E-state index < -0.39 is 0 Å². The Morgan fingerprint density at radius 2 is 2.19 bits per heavy atom. The van der Waals surface area contributed by atoms with Gasteiger partial charge in [0.2, 0.25) is 5.91 Å². The summed E-state index contributed by atoms with van der Waals surface area (Å²) in [6.07, 6.45) is 3.86. The maximum Gasteiger partial charge on any atom is 0.227 e. The van der Waals surface area contributed by atoms with Crippen LogP contribution in [0.3, 0.4) is 0 Å². The molecule has 1 N–H and O–H groups in total. The highest BCUT2D eigenvalue weighted by Gasteiger charge is 2.37. The van der Waals surface area contributed by atoms with E-state index in [9.17, 15) is 4.79 Å². The van der Waals surface area contributed by atoms with Gasteiger partial charge in [-0.1, -0.05) is 18.2 Å². The van der Waals surface area contributed by atoms with Crippen molar-refractivity contribution in [3.05, 3.63) is 54.0 Å². The number of nitrogens with zero attached hydrogens (tertiary/aromatic N) is 3. The van der Waals surface area contributed by atoms with Gasteiger partial charge in [0.1, 0.15) is 11.3 Å². The summed E-state index contributed by atoms with van der Waals surface area (Å²) in [5.74, 6) is 1.01. The van der Waals surface area contributed by atoms with Crippen molar-refractivity contribution >= 4 is 16.9 Å². The van der Waals surface area contributed by atoms with Crippen LogP contribution < -0.4 is 5.32 Å². The first-order valence-corrected chi connectivity index (χ1v) is 8.99. The Labute approximate surface area is 152 Å². The second-order valence-corrected chi connectivity index (χ2v) is 7.13. The van der Waals surface area contributed by atoms with Crippen molar-refractivity contribution in [3.8, 4) is 0 Å². The van der Waals surface area contributed by atoms with Gasteiger partial charge in [-0.2, -0.15) is 5.10 Å². The van der Waals surface area contributed by atoms with E-state index in [2.05, 4.69) is 10.4 Å². The highest BCUT2D eigenvalue weighted by atomic mass is 16.3. The first-order chi connectivity index (χ1) is 12.5. The van der Waals surface area contributed by atoms with E-state index in [0.29, 0.717) is 6.54 Å². The van der Waals surface area contributed by atoms with E-state index in [-0.39, 0.29) is 23.8 Å². The SMILES string of the molecule is CC(c1cc2ccccc2o1)N(C)C(=O)[C@H]1CNC[C@@H]1c1cnn(C)c1. The standard InChI is InChI=1S/C20H24N4O2/c1-13(19-8-14-6-4-5-7-18(14)26-19)24(3)20(25)17-11-21-10-16(17)15-9-22-23(2)12-15/h4-9,12-13,16-17,21H,10-11H2,1-3H3/t13?,16-,17+/m1/s1. The number of hydrogen-bond donors (Lipinski definition) is 1. The van der Waals surface area contributed by atoms with E-state index in [1.807, 2.05) is 63.7 Å². The lowest BCUT2D eigenvalue weighted by molar-refractivity contribution is -0.136. The topological polar surface area (TPSA) is 63.3 Å². The zero-order valence-corrected chi connectivity index (χ0v) is 15.3. The molecule has 1 aromatic carbocycles. The quantitative estimate of drug-likeness (QED) is 0.784. The Morgan fingerprint density at radius 3 is 2.92 bits per heavy atom. The fraction of sp³-hybridized carbons (Fsp3) is 0.400. The summed E-state index contributed by atoms with van der Waals surface area (Å²) in [6, 6.07) is 9.82. The Morgan fingerprint density at radius 1 is 1.38 bits per heavy atom. The fourth-order valence-electron chi connectivity index (χ4n) is 3.77. The fourth-order valence-corrected chi connectivity index (χ4v) is 3.77. The smallest absolute Gasteiger partial charge is 0.227 e. The number of para-hydroxylation sites is 1. The lowest BCUT2D eigenvalue weighted by atomic mass is 9.89. The third-order valence-corrected chi connectivity index (χ3v) is 5.47. The highest BCUT2D eigenvalue weighted by molar-refractivity contribution is 5.81. The third-order valence-electron chi connectivity index (χ3n) is 5.47. The van der Waals surface area contributed by atoms with Crippen molar-refractivity contribution in [1.82, 2.24) is 20.0 Å². The second-order valence-electron chi connectivity index (χ2n) is 7.13. The number of benzene rings is 1. The normalized spacial score (nSPS) is 21.2. The molecule has 1 unspecified atom stereocenters. The van der Waals surface area contributed by atoms with Gasteiger partial charge >= 0.3 is 0 Å². The monoisotopic (exact) mass is 352 g/mol.